The van der Waals surface area contributed by atoms with Crippen LogP contribution in [0.5, 0.6) is 0 Å². The van der Waals surface area contributed by atoms with Crippen molar-refractivity contribution in [1.29, 1.82) is 0 Å². The van der Waals surface area contributed by atoms with Crippen molar-refractivity contribution in [2.75, 3.05) is 17.4 Å². The molecule has 2 rings (SSSR count). The van der Waals surface area contributed by atoms with Crippen LogP contribution in [0.3, 0.4) is 0 Å². The monoisotopic (exact) mass is 278 g/mol. The number of hydrogen-bond donors (Lipinski definition) is 2. The van der Waals surface area contributed by atoms with Crippen molar-refractivity contribution >= 4 is 17.3 Å². The van der Waals surface area contributed by atoms with Gasteiger partial charge in [-0.1, -0.05) is 6.07 Å². The second-order valence-electron chi connectivity index (χ2n) is 4.15. The lowest BCUT2D eigenvalue weighted by Gasteiger charge is -2.18. The zero-order valence-corrected chi connectivity index (χ0v) is 10.6. The Kier molecular flexibility index (Phi) is 3.95. The van der Waals surface area contributed by atoms with E-state index < -0.39 is 17.5 Å². The molecular weight excluding hydrogens is 266 g/mol. The summed E-state index contributed by atoms with van der Waals surface area (Å²) < 4.78 is 26.8. The van der Waals surface area contributed by atoms with Gasteiger partial charge in [0.05, 0.1) is 11.3 Å². The van der Waals surface area contributed by atoms with E-state index in [2.05, 4.69) is 0 Å². The second-order valence-corrected chi connectivity index (χ2v) is 4.15. The number of nitrogens with zero attached hydrogens (tertiary/aromatic N) is 1. The minimum atomic E-state index is -0.725. The van der Waals surface area contributed by atoms with Gasteiger partial charge in [0.1, 0.15) is 11.6 Å². The molecule has 2 aromatic carbocycles. The number of carbonyl (C=O) groups is 1. The molecule has 0 saturated carbocycles. The fraction of sp³-hybridized carbons (Fsp3) is 0.0714. The molecule has 0 heterocycles. The van der Waals surface area contributed by atoms with Crippen LogP contribution in [0.2, 0.25) is 0 Å². The molecule has 0 spiro atoms. The first kappa shape index (κ1) is 14.0. The molecule has 2 N–H and O–H groups in total. The number of halogens is 2. The minimum Gasteiger partial charge on any atom is -0.311 e. The molecule has 0 unspecified atom stereocenters. The Hall–Kier alpha value is -2.47. The number of amides is 1. The molecule has 0 atom stereocenters. The summed E-state index contributed by atoms with van der Waals surface area (Å²) >= 11 is 0. The van der Waals surface area contributed by atoms with Crippen LogP contribution in [0.25, 0.3) is 0 Å². The van der Waals surface area contributed by atoms with E-state index in [0.717, 1.165) is 11.0 Å². The van der Waals surface area contributed by atoms with Crippen molar-refractivity contribution in [3.05, 3.63) is 59.7 Å². The van der Waals surface area contributed by atoms with E-state index in [1.807, 2.05) is 5.48 Å². The first-order valence-corrected chi connectivity index (χ1v) is 5.76. The molecular formula is C14H12F2N2O2. The van der Waals surface area contributed by atoms with Gasteiger partial charge in [0.25, 0.3) is 5.91 Å². The van der Waals surface area contributed by atoms with Crippen LogP contribution in [-0.4, -0.2) is 18.2 Å². The third-order valence-corrected chi connectivity index (χ3v) is 2.83. The third-order valence-electron chi connectivity index (χ3n) is 2.83. The van der Waals surface area contributed by atoms with E-state index in [9.17, 15) is 13.6 Å². The molecule has 6 heteroatoms. The zero-order valence-electron chi connectivity index (χ0n) is 10.6. The van der Waals surface area contributed by atoms with Gasteiger partial charge in [-0.3, -0.25) is 15.5 Å². The van der Waals surface area contributed by atoms with Crippen molar-refractivity contribution in [3.8, 4) is 0 Å². The third kappa shape index (κ3) is 2.75. The standard InChI is InChI=1S/C14H12F2N2O2/c1-18(11-4-2-3-9(15)7-11)14(19)12-8-10(17-20)5-6-13(12)16/h2-8,17,20H,1H3. The van der Waals surface area contributed by atoms with Crippen LogP contribution in [-0.2, 0) is 0 Å². The Bertz CT molecular complexity index is 647. The van der Waals surface area contributed by atoms with Crippen LogP contribution in [0, 0.1) is 11.6 Å². The number of benzene rings is 2. The van der Waals surface area contributed by atoms with Gasteiger partial charge < -0.3 is 4.90 Å². The molecule has 0 aliphatic rings. The lowest BCUT2D eigenvalue weighted by atomic mass is 10.1. The Morgan fingerprint density at radius 2 is 1.95 bits per heavy atom. The molecule has 0 aromatic heterocycles. The molecule has 0 aliphatic carbocycles. The number of nitrogens with one attached hydrogen (secondary N) is 1. The van der Waals surface area contributed by atoms with Gasteiger partial charge in [-0.25, -0.2) is 8.78 Å². The topological polar surface area (TPSA) is 52.6 Å². The van der Waals surface area contributed by atoms with E-state index in [1.54, 1.807) is 0 Å². The molecule has 0 radical (unpaired) electrons. The highest BCUT2D eigenvalue weighted by Crippen LogP contribution is 2.20. The first-order valence-electron chi connectivity index (χ1n) is 5.76. The highest BCUT2D eigenvalue weighted by molar-refractivity contribution is 6.06. The summed E-state index contributed by atoms with van der Waals surface area (Å²) in [7, 11) is 1.41. The average molecular weight is 278 g/mol. The van der Waals surface area contributed by atoms with Gasteiger partial charge in [-0.05, 0) is 36.4 Å². The summed E-state index contributed by atoms with van der Waals surface area (Å²) in [5.41, 5.74) is 2.10. The smallest absolute Gasteiger partial charge is 0.261 e. The van der Waals surface area contributed by atoms with Gasteiger partial charge in [0.2, 0.25) is 0 Å². The molecule has 1 amide bonds. The Morgan fingerprint density at radius 3 is 2.60 bits per heavy atom. The van der Waals surface area contributed by atoms with Crippen LogP contribution in [0.4, 0.5) is 20.2 Å². The van der Waals surface area contributed by atoms with E-state index in [4.69, 9.17) is 5.21 Å². The van der Waals surface area contributed by atoms with Crippen molar-refractivity contribution in [3.63, 3.8) is 0 Å². The summed E-state index contributed by atoms with van der Waals surface area (Å²) in [6.45, 7) is 0. The summed E-state index contributed by atoms with van der Waals surface area (Å²) in [4.78, 5) is 13.3. The van der Waals surface area contributed by atoms with Gasteiger partial charge in [-0.2, -0.15) is 0 Å². The quantitative estimate of drug-likeness (QED) is 0.848. The maximum Gasteiger partial charge on any atom is 0.261 e. The maximum absolute atomic E-state index is 13.7. The second kappa shape index (κ2) is 5.66. The molecule has 4 nitrogen and oxygen atoms in total. The summed E-state index contributed by atoms with van der Waals surface area (Å²) in [5, 5.41) is 8.78. The van der Waals surface area contributed by atoms with Gasteiger partial charge >= 0.3 is 0 Å². The van der Waals surface area contributed by atoms with Crippen molar-refractivity contribution in [2.45, 2.75) is 0 Å². The Balaban J connectivity index is 2.36. The lowest BCUT2D eigenvalue weighted by Crippen LogP contribution is -2.27. The van der Waals surface area contributed by atoms with Crippen LogP contribution < -0.4 is 10.4 Å². The van der Waals surface area contributed by atoms with E-state index in [0.29, 0.717) is 5.69 Å². The highest BCUT2D eigenvalue weighted by Gasteiger charge is 2.18. The highest BCUT2D eigenvalue weighted by atomic mass is 19.1. The number of carbonyl (C=O) groups excluding carboxylic acids is 1. The SMILES string of the molecule is CN(C(=O)c1cc(NO)ccc1F)c1cccc(F)c1. The molecule has 0 saturated heterocycles. The zero-order chi connectivity index (χ0) is 14.7. The number of rotatable bonds is 3. The molecule has 0 bridgehead atoms. The lowest BCUT2D eigenvalue weighted by molar-refractivity contribution is 0.0989. The van der Waals surface area contributed by atoms with Crippen molar-refractivity contribution in [2.24, 2.45) is 0 Å². The van der Waals surface area contributed by atoms with E-state index in [-0.39, 0.29) is 11.3 Å². The first-order chi connectivity index (χ1) is 9.52. The van der Waals surface area contributed by atoms with Gasteiger partial charge in [-0.15, -0.1) is 0 Å². The number of hydrogen-bond acceptors (Lipinski definition) is 3. The van der Waals surface area contributed by atoms with E-state index >= 15 is 0 Å². The van der Waals surface area contributed by atoms with Crippen molar-refractivity contribution < 1.29 is 18.8 Å². The van der Waals surface area contributed by atoms with Crippen LogP contribution in [0.1, 0.15) is 10.4 Å². The molecule has 0 aliphatic heterocycles. The maximum atomic E-state index is 13.7. The molecule has 20 heavy (non-hydrogen) atoms. The number of anilines is 2. The predicted molar refractivity (Wildman–Crippen MR) is 70.9 cm³/mol. The van der Waals surface area contributed by atoms with Crippen LogP contribution in [0.15, 0.2) is 42.5 Å². The minimum absolute atomic E-state index is 0.183. The molecule has 2 aromatic rings. The summed E-state index contributed by atoms with van der Waals surface area (Å²) in [5.74, 6) is -1.86. The fourth-order valence-electron chi connectivity index (χ4n) is 1.74. The Morgan fingerprint density at radius 1 is 1.20 bits per heavy atom. The van der Waals surface area contributed by atoms with Gasteiger partial charge in [0, 0.05) is 12.7 Å². The largest absolute Gasteiger partial charge is 0.311 e. The predicted octanol–water partition coefficient (Wildman–Crippen LogP) is 3.04. The summed E-state index contributed by atoms with van der Waals surface area (Å²) in [6, 6.07) is 8.93. The van der Waals surface area contributed by atoms with Gasteiger partial charge in [0.15, 0.2) is 0 Å². The van der Waals surface area contributed by atoms with E-state index in [1.165, 1.54) is 43.4 Å². The Labute approximate surface area is 114 Å². The normalized spacial score (nSPS) is 10.2. The average Bonchev–Trinajstić information content (AvgIpc) is 2.46. The molecule has 0 fully saturated rings. The van der Waals surface area contributed by atoms with Crippen molar-refractivity contribution in [1.82, 2.24) is 0 Å². The van der Waals surface area contributed by atoms with Crippen LogP contribution >= 0.6 is 0 Å². The molecule has 104 valence electrons. The fourth-order valence-corrected chi connectivity index (χ4v) is 1.74. The summed E-state index contributed by atoms with van der Waals surface area (Å²) in [6.07, 6.45) is 0.